The van der Waals surface area contributed by atoms with E-state index in [4.69, 9.17) is 10.8 Å². The zero-order valence-corrected chi connectivity index (χ0v) is 13.2. The number of nitrogen functional groups attached to an aromatic ring is 1. The van der Waals surface area contributed by atoms with Crippen LogP contribution in [-0.2, 0) is 0 Å². The number of carboxylic acids is 1. The molecule has 0 bridgehead atoms. The first-order chi connectivity index (χ1) is 11.6. The largest absolute Gasteiger partial charge is 0.476 e. The van der Waals surface area contributed by atoms with E-state index >= 15 is 0 Å². The normalized spacial score (nSPS) is 11.0. The standard InChI is InChI=1S/C17H12N4O2S/c18-15-6-5-14(24-15)11-3-1-10(2-4-11)13-7-8-19-16-9-12(17(22)23)20-21(13)16/h1-9H,18H2,(H,22,23). The molecule has 6 nitrogen and oxygen atoms in total. The molecule has 0 unspecified atom stereocenters. The van der Waals surface area contributed by atoms with Gasteiger partial charge in [0.25, 0.3) is 0 Å². The number of aromatic nitrogens is 3. The molecule has 0 saturated carbocycles. The fourth-order valence-electron chi connectivity index (χ4n) is 2.53. The Kier molecular flexibility index (Phi) is 3.28. The summed E-state index contributed by atoms with van der Waals surface area (Å²) in [6, 6.07) is 15.1. The molecule has 4 rings (SSSR count). The van der Waals surface area contributed by atoms with E-state index in [1.165, 1.54) is 17.4 Å². The molecule has 0 atom stereocenters. The van der Waals surface area contributed by atoms with Crippen LogP contribution in [0.5, 0.6) is 0 Å². The van der Waals surface area contributed by atoms with Gasteiger partial charge >= 0.3 is 5.97 Å². The van der Waals surface area contributed by atoms with Crippen molar-refractivity contribution >= 4 is 28.0 Å². The Labute approximate surface area is 140 Å². The Morgan fingerprint density at radius 1 is 1.08 bits per heavy atom. The number of carbonyl (C=O) groups is 1. The summed E-state index contributed by atoms with van der Waals surface area (Å²) in [5.74, 6) is -1.07. The summed E-state index contributed by atoms with van der Waals surface area (Å²) < 4.78 is 1.54. The lowest BCUT2D eigenvalue weighted by Crippen LogP contribution is -1.99. The van der Waals surface area contributed by atoms with E-state index in [1.54, 1.807) is 10.7 Å². The molecular formula is C17H12N4O2S. The minimum atomic E-state index is -1.07. The van der Waals surface area contributed by atoms with Crippen LogP contribution in [0.1, 0.15) is 10.5 Å². The van der Waals surface area contributed by atoms with Gasteiger partial charge in [0, 0.05) is 22.7 Å². The average Bonchev–Trinajstić information content (AvgIpc) is 3.21. The third-order valence-electron chi connectivity index (χ3n) is 3.67. The van der Waals surface area contributed by atoms with Gasteiger partial charge in [-0.15, -0.1) is 11.3 Å². The minimum Gasteiger partial charge on any atom is -0.476 e. The van der Waals surface area contributed by atoms with Gasteiger partial charge in [-0.2, -0.15) is 5.10 Å². The number of carboxylic acid groups (broad SMARTS) is 1. The van der Waals surface area contributed by atoms with Crippen LogP contribution < -0.4 is 5.73 Å². The van der Waals surface area contributed by atoms with Gasteiger partial charge in [0.05, 0.1) is 10.7 Å². The van der Waals surface area contributed by atoms with Crippen molar-refractivity contribution in [3.8, 4) is 21.7 Å². The molecule has 118 valence electrons. The minimum absolute atomic E-state index is 0.0272. The maximum atomic E-state index is 11.1. The molecule has 3 N–H and O–H groups in total. The van der Waals surface area contributed by atoms with Crippen LogP contribution in [0.2, 0.25) is 0 Å². The average molecular weight is 336 g/mol. The Balaban J connectivity index is 1.78. The van der Waals surface area contributed by atoms with Gasteiger partial charge in [-0.25, -0.2) is 14.3 Å². The fraction of sp³-hybridized carbons (Fsp3) is 0. The topological polar surface area (TPSA) is 93.5 Å². The van der Waals surface area contributed by atoms with E-state index in [2.05, 4.69) is 10.1 Å². The molecule has 0 fully saturated rings. The van der Waals surface area contributed by atoms with Crippen molar-refractivity contribution in [1.82, 2.24) is 14.6 Å². The highest BCUT2D eigenvalue weighted by atomic mass is 32.1. The van der Waals surface area contributed by atoms with Crippen molar-refractivity contribution in [2.45, 2.75) is 0 Å². The van der Waals surface area contributed by atoms with Crippen LogP contribution in [-0.4, -0.2) is 25.7 Å². The SMILES string of the molecule is Nc1ccc(-c2ccc(-c3ccnc4cc(C(=O)O)nn34)cc2)s1. The third kappa shape index (κ3) is 2.40. The summed E-state index contributed by atoms with van der Waals surface area (Å²) in [5, 5.41) is 14.0. The van der Waals surface area contributed by atoms with Crippen molar-refractivity contribution in [2.24, 2.45) is 0 Å². The monoisotopic (exact) mass is 336 g/mol. The van der Waals surface area contributed by atoms with Gasteiger partial charge in [0.2, 0.25) is 0 Å². The number of benzene rings is 1. The molecule has 4 aromatic rings. The zero-order chi connectivity index (χ0) is 16.7. The number of rotatable bonds is 3. The molecular weight excluding hydrogens is 324 g/mol. The summed E-state index contributed by atoms with van der Waals surface area (Å²) in [7, 11) is 0. The molecule has 0 radical (unpaired) electrons. The summed E-state index contributed by atoms with van der Waals surface area (Å²) >= 11 is 1.54. The van der Waals surface area contributed by atoms with Gasteiger partial charge in [-0.3, -0.25) is 0 Å². The van der Waals surface area contributed by atoms with Gasteiger partial charge in [-0.05, 0) is 23.8 Å². The predicted octanol–water partition coefficient (Wildman–Crippen LogP) is 3.41. The van der Waals surface area contributed by atoms with Crippen LogP contribution >= 0.6 is 11.3 Å². The molecule has 3 heterocycles. The number of hydrogen-bond acceptors (Lipinski definition) is 5. The van der Waals surface area contributed by atoms with Gasteiger partial charge < -0.3 is 10.8 Å². The number of thiophene rings is 1. The number of fused-ring (bicyclic) bond motifs is 1. The molecule has 0 aliphatic heterocycles. The zero-order valence-electron chi connectivity index (χ0n) is 12.4. The number of hydrogen-bond donors (Lipinski definition) is 2. The molecule has 24 heavy (non-hydrogen) atoms. The predicted molar refractivity (Wildman–Crippen MR) is 93.1 cm³/mol. The molecule has 0 aliphatic carbocycles. The first-order valence-electron chi connectivity index (χ1n) is 7.16. The van der Waals surface area contributed by atoms with Gasteiger partial charge in [-0.1, -0.05) is 24.3 Å². The highest BCUT2D eigenvalue weighted by molar-refractivity contribution is 7.19. The van der Waals surface area contributed by atoms with E-state index in [0.29, 0.717) is 5.65 Å². The van der Waals surface area contributed by atoms with Gasteiger partial charge in [0.15, 0.2) is 11.3 Å². The maximum Gasteiger partial charge on any atom is 0.356 e. The molecule has 0 aliphatic rings. The summed E-state index contributed by atoms with van der Waals surface area (Å²) in [6.45, 7) is 0. The Morgan fingerprint density at radius 3 is 2.50 bits per heavy atom. The molecule has 7 heteroatoms. The summed E-state index contributed by atoms with van der Waals surface area (Å²) in [4.78, 5) is 16.4. The van der Waals surface area contributed by atoms with E-state index in [0.717, 1.165) is 26.7 Å². The highest BCUT2D eigenvalue weighted by Crippen LogP contribution is 2.31. The summed E-state index contributed by atoms with van der Waals surface area (Å²) in [6.07, 6.45) is 1.64. The quantitative estimate of drug-likeness (QED) is 0.598. The van der Waals surface area contributed by atoms with E-state index in [-0.39, 0.29) is 5.69 Å². The van der Waals surface area contributed by atoms with Crippen LogP contribution in [0.15, 0.2) is 54.7 Å². The van der Waals surface area contributed by atoms with Crippen LogP contribution in [0.25, 0.3) is 27.3 Å². The lowest BCUT2D eigenvalue weighted by Gasteiger charge is -2.05. The number of anilines is 1. The molecule has 3 aromatic heterocycles. The highest BCUT2D eigenvalue weighted by Gasteiger charge is 2.13. The Bertz CT molecular complexity index is 1050. The molecule has 0 amide bonds. The molecule has 0 spiro atoms. The third-order valence-corrected chi connectivity index (χ3v) is 4.63. The number of nitrogens with zero attached hydrogens (tertiary/aromatic N) is 3. The number of aromatic carboxylic acids is 1. The molecule has 0 saturated heterocycles. The van der Waals surface area contributed by atoms with Crippen molar-refractivity contribution in [3.63, 3.8) is 0 Å². The van der Waals surface area contributed by atoms with E-state index in [9.17, 15) is 4.79 Å². The first kappa shape index (κ1) is 14.4. The Hall–Kier alpha value is -3.19. The van der Waals surface area contributed by atoms with Crippen LogP contribution in [0.3, 0.4) is 0 Å². The van der Waals surface area contributed by atoms with Crippen molar-refractivity contribution in [3.05, 3.63) is 60.4 Å². The smallest absolute Gasteiger partial charge is 0.356 e. The first-order valence-corrected chi connectivity index (χ1v) is 7.98. The van der Waals surface area contributed by atoms with E-state index < -0.39 is 5.97 Å². The second kappa shape index (κ2) is 5.47. The number of nitrogens with two attached hydrogens (primary N) is 1. The Morgan fingerprint density at radius 2 is 1.83 bits per heavy atom. The second-order valence-corrected chi connectivity index (χ2v) is 6.33. The van der Waals surface area contributed by atoms with Crippen molar-refractivity contribution < 1.29 is 9.90 Å². The fourth-order valence-corrected chi connectivity index (χ4v) is 3.31. The van der Waals surface area contributed by atoms with Crippen molar-refractivity contribution in [1.29, 1.82) is 0 Å². The van der Waals surface area contributed by atoms with Crippen LogP contribution in [0, 0.1) is 0 Å². The summed E-state index contributed by atoms with van der Waals surface area (Å²) in [5.41, 5.74) is 9.04. The lowest BCUT2D eigenvalue weighted by molar-refractivity contribution is 0.0690. The van der Waals surface area contributed by atoms with Crippen LogP contribution in [0.4, 0.5) is 5.00 Å². The van der Waals surface area contributed by atoms with E-state index in [1.807, 2.05) is 42.5 Å². The second-order valence-electron chi connectivity index (χ2n) is 5.21. The lowest BCUT2D eigenvalue weighted by atomic mass is 10.1. The van der Waals surface area contributed by atoms with Crippen molar-refractivity contribution in [2.75, 3.05) is 5.73 Å². The molecule has 1 aromatic carbocycles. The maximum absolute atomic E-state index is 11.1. The van der Waals surface area contributed by atoms with Gasteiger partial charge in [0.1, 0.15) is 0 Å².